The van der Waals surface area contributed by atoms with Gasteiger partial charge in [-0.1, -0.05) is 54.6 Å². The molecule has 26 heavy (non-hydrogen) atoms. The standard InChI is InChI=1S/C22H20N2O2/c1-2-24(20-13-7-9-15-8-3-4-10-16(15)20)22(26)18-14-21(25)23-19-12-6-5-11-17(18)19/h3-13,18H,2,14H2,1H3,(H,23,25). The quantitative estimate of drug-likeness (QED) is 0.769. The molecule has 0 bridgehead atoms. The van der Waals surface area contributed by atoms with Gasteiger partial charge in [0.05, 0.1) is 11.6 Å². The van der Waals surface area contributed by atoms with Crippen LogP contribution in [0.3, 0.4) is 0 Å². The van der Waals surface area contributed by atoms with Gasteiger partial charge in [-0.2, -0.15) is 0 Å². The predicted octanol–water partition coefficient (Wildman–Crippen LogP) is 4.32. The Bertz CT molecular complexity index is 991. The molecule has 3 aromatic carbocycles. The second-order valence-electron chi connectivity index (χ2n) is 6.47. The van der Waals surface area contributed by atoms with Gasteiger partial charge in [0.1, 0.15) is 0 Å². The molecule has 0 aliphatic carbocycles. The Morgan fingerprint density at radius 2 is 1.77 bits per heavy atom. The SMILES string of the molecule is CCN(C(=O)C1CC(=O)Nc2ccccc21)c1cccc2ccccc12. The van der Waals surface area contributed by atoms with Crippen molar-refractivity contribution in [2.75, 3.05) is 16.8 Å². The first-order valence-corrected chi connectivity index (χ1v) is 8.87. The van der Waals surface area contributed by atoms with Crippen LogP contribution < -0.4 is 10.2 Å². The van der Waals surface area contributed by atoms with Gasteiger partial charge in [0.15, 0.2) is 0 Å². The molecule has 1 aliphatic rings. The van der Waals surface area contributed by atoms with Crippen molar-refractivity contribution in [2.24, 2.45) is 0 Å². The minimum absolute atomic E-state index is 0.0360. The molecule has 4 heteroatoms. The molecule has 1 unspecified atom stereocenters. The Balaban J connectivity index is 1.78. The average Bonchev–Trinajstić information content (AvgIpc) is 2.68. The summed E-state index contributed by atoms with van der Waals surface area (Å²) in [5.74, 6) is -0.610. The summed E-state index contributed by atoms with van der Waals surface area (Å²) in [5.41, 5.74) is 2.51. The summed E-state index contributed by atoms with van der Waals surface area (Å²) >= 11 is 0. The molecule has 0 fully saturated rings. The lowest BCUT2D eigenvalue weighted by Gasteiger charge is -2.30. The molecule has 1 N–H and O–H groups in total. The first-order chi connectivity index (χ1) is 12.7. The first kappa shape index (κ1) is 16.3. The highest BCUT2D eigenvalue weighted by Gasteiger charge is 2.33. The third kappa shape index (κ3) is 2.73. The van der Waals surface area contributed by atoms with E-state index in [1.807, 2.05) is 73.7 Å². The number of likely N-dealkylation sites (N-methyl/N-ethyl adjacent to an activating group) is 1. The van der Waals surface area contributed by atoms with E-state index >= 15 is 0 Å². The third-order valence-electron chi connectivity index (χ3n) is 4.94. The fraction of sp³-hybridized carbons (Fsp3) is 0.182. The Labute approximate surface area is 152 Å². The van der Waals surface area contributed by atoms with Crippen LogP contribution in [0.4, 0.5) is 11.4 Å². The fourth-order valence-electron chi connectivity index (χ4n) is 3.71. The summed E-state index contributed by atoms with van der Waals surface area (Å²) in [6, 6.07) is 21.6. The zero-order chi connectivity index (χ0) is 18.1. The lowest BCUT2D eigenvalue weighted by Crippen LogP contribution is -2.38. The van der Waals surface area contributed by atoms with Gasteiger partial charge < -0.3 is 10.2 Å². The second-order valence-corrected chi connectivity index (χ2v) is 6.47. The average molecular weight is 344 g/mol. The molecule has 4 rings (SSSR count). The van der Waals surface area contributed by atoms with Gasteiger partial charge >= 0.3 is 0 Å². The molecule has 1 aliphatic heterocycles. The number of fused-ring (bicyclic) bond motifs is 2. The molecule has 1 heterocycles. The van der Waals surface area contributed by atoms with Crippen LogP contribution in [0.5, 0.6) is 0 Å². The molecule has 1 atom stereocenters. The van der Waals surface area contributed by atoms with Crippen molar-refractivity contribution in [3.05, 3.63) is 72.3 Å². The van der Waals surface area contributed by atoms with E-state index < -0.39 is 5.92 Å². The Hall–Kier alpha value is -3.14. The predicted molar refractivity (Wildman–Crippen MR) is 104 cm³/mol. The molecule has 3 aromatic rings. The molecule has 2 amide bonds. The van der Waals surface area contributed by atoms with Crippen LogP contribution in [0.15, 0.2) is 66.7 Å². The number of nitrogens with zero attached hydrogens (tertiary/aromatic N) is 1. The van der Waals surface area contributed by atoms with Crippen LogP contribution in [-0.4, -0.2) is 18.4 Å². The molecule has 0 spiro atoms. The molecule has 0 saturated carbocycles. The molecule has 0 saturated heterocycles. The maximum atomic E-state index is 13.4. The number of carbonyl (C=O) groups is 2. The third-order valence-corrected chi connectivity index (χ3v) is 4.94. The number of anilines is 2. The molecular formula is C22H20N2O2. The van der Waals surface area contributed by atoms with Gasteiger partial charge in [0.2, 0.25) is 11.8 Å². The van der Waals surface area contributed by atoms with E-state index in [1.165, 1.54) is 0 Å². The van der Waals surface area contributed by atoms with E-state index in [-0.39, 0.29) is 18.2 Å². The maximum Gasteiger partial charge on any atom is 0.235 e. The Morgan fingerprint density at radius 3 is 2.62 bits per heavy atom. The summed E-state index contributed by atoms with van der Waals surface area (Å²) in [5, 5.41) is 5.00. The zero-order valence-corrected chi connectivity index (χ0v) is 14.6. The highest BCUT2D eigenvalue weighted by atomic mass is 16.2. The maximum absolute atomic E-state index is 13.4. The summed E-state index contributed by atoms with van der Waals surface area (Å²) < 4.78 is 0. The van der Waals surface area contributed by atoms with Crippen LogP contribution >= 0.6 is 0 Å². The minimum atomic E-state index is -0.459. The van der Waals surface area contributed by atoms with E-state index in [2.05, 4.69) is 5.32 Å². The second kappa shape index (κ2) is 6.64. The van der Waals surface area contributed by atoms with E-state index in [4.69, 9.17) is 0 Å². The lowest BCUT2D eigenvalue weighted by molar-refractivity contribution is -0.124. The van der Waals surface area contributed by atoms with Crippen molar-refractivity contribution < 1.29 is 9.59 Å². The van der Waals surface area contributed by atoms with Crippen LogP contribution in [0.25, 0.3) is 10.8 Å². The number of amides is 2. The Kier molecular flexibility index (Phi) is 4.17. The van der Waals surface area contributed by atoms with Crippen molar-refractivity contribution >= 4 is 34.0 Å². The van der Waals surface area contributed by atoms with Crippen LogP contribution in [0, 0.1) is 0 Å². The van der Waals surface area contributed by atoms with E-state index in [1.54, 1.807) is 4.90 Å². The molecule has 0 radical (unpaired) electrons. The van der Waals surface area contributed by atoms with Crippen molar-refractivity contribution in [3.63, 3.8) is 0 Å². The van der Waals surface area contributed by atoms with E-state index in [0.717, 1.165) is 27.7 Å². The number of hydrogen-bond donors (Lipinski definition) is 1. The summed E-state index contributed by atoms with van der Waals surface area (Å²) in [7, 11) is 0. The highest BCUT2D eigenvalue weighted by molar-refractivity contribution is 6.09. The van der Waals surface area contributed by atoms with Crippen molar-refractivity contribution in [2.45, 2.75) is 19.3 Å². The molecule has 130 valence electrons. The summed E-state index contributed by atoms with van der Waals surface area (Å²) in [4.78, 5) is 27.3. The smallest absolute Gasteiger partial charge is 0.235 e. The molecule has 4 nitrogen and oxygen atoms in total. The van der Waals surface area contributed by atoms with E-state index in [9.17, 15) is 9.59 Å². The van der Waals surface area contributed by atoms with Crippen molar-refractivity contribution in [1.82, 2.24) is 0 Å². The lowest BCUT2D eigenvalue weighted by atomic mass is 9.89. The van der Waals surface area contributed by atoms with Crippen LogP contribution in [0.2, 0.25) is 0 Å². The number of nitrogens with one attached hydrogen (secondary N) is 1. The fourth-order valence-corrected chi connectivity index (χ4v) is 3.71. The monoisotopic (exact) mass is 344 g/mol. The number of rotatable bonds is 3. The number of hydrogen-bond acceptors (Lipinski definition) is 2. The van der Waals surface area contributed by atoms with Crippen molar-refractivity contribution in [3.8, 4) is 0 Å². The highest BCUT2D eigenvalue weighted by Crippen LogP contribution is 2.36. The van der Waals surface area contributed by atoms with Gasteiger partial charge in [0, 0.05) is 24.0 Å². The number of carbonyl (C=O) groups excluding carboxylic acids is 2. The number of para-hydroxylation sites is 1. The molecule has 0 aromatic heterocycles. The normalized spacial score (nSPS) is 16.0. The van der Waals surface area contributed by atoms with Gasteiger partial charge in [-0.05, 0) is 30.0 Å². The van der Waals surface area contributed by atoms with Gasteiger partial charge in [-0.25, -0.2) is 0 Å². The van der Waals surface area contributed by atoms with Crippen LogP contribution in [-0.2, 0) is 9.59 Å². The first-order valence-electron chi connectivity index (χ1n) is 8.87. The minimum Gasteiger partial charge on any atom is -0.326 e. The largest absolute Gasteiger partial charge is 0.326 e. The summed E-state index contributed by atoms with van der Waals surface area (Å²) in [6.07, 6.45) is 0.178. The zero-order valence-electron chi connectivity index (χ0n) is 14.6. The topological polar surface area (TPSA) is 49.4 Å². The van der Waals surface area contributed by atoms with E-state index in [0.29, 0.717) is 6.54 Å². The molecular weight excluding hydrogens is 324 g/mol. The van der Waals surface area contributed by atoms with Crippen molar-refractivity contribution in [1.29, 1.82) is 0 Å². The van der Waals surface area contributed by atoms with Gasteiger partial charge in [0.25, 0.3) is 0 Å². The van der Waals surface area contributed by atoms with Crippen LogP contribution in [0.1, 0.15) is 24.8 Å². The summed E-state index contributed by atoms with van der Waals surface area (Å²) in [6.45, 7) is 2.52. The van der Waals surface area contributed by atoms with Gasteiger partial charge in [-0.3, -0.25) is 9.59 Å². The number of benzene rings is 3. The van der Waals surface area contributed by atoms with Gasteiger partial charge in [-0.15, -0.1) is 0 Å². The Morgan fingerprint density at radius 1 is 1.04 bits per heavy atom.